The van der Waals surface area contributed by atoms with Crippen LogP contribution in [0.1, 0.15) is 31.5 Å². The van der Waals surface area contributed by atoms with E-state index in [1.54, 1.807) is 7.11 Å². The number of carbonyl (C=O) groups is 1. The number of amides is 1. The van der Waals surface area contributed by atoms with Gasteiger partial charge < -0.3 is 15.0 Å². The number of aryl methyl sites for hydroxylation is 2. The van der Waals surface area contributed by atoms with E-state index in [0.717, 1.165) is 85.5 Å². The summed E-state index contributed by atoms with van der Waals surface area (Å²) < 4.78 is 7.62. The molecule has 1 fully saturated rings. The van der Waals surface area contributed by atoms with Crippen molar-refractivity contribution in [3.05, 3.63) is 58.5 Å². The number of carbonyl (C=O) groups excluding carboxylic acids is 1. The highest BCUT2D eigenvalue weighted by molar-refractivity contribution is 6.41. The van der Waals surface area contributed by atoms with Crippen molar-refractivity contribution in [2.75, 3.05) is 51.7 Å². The molecule has 9 nitrogen and oxygen atoms in total. The second kappa shape index (κ2) is 12.6. The Morgan fingerprint density at radius 1 is 1.12 bits per heavy atom. The van der Waals surface area contributed by atoms with Gasteiger partial charge in [0.05, 0.1) is 22.8 Å². The van der Waals surface area contributed by atoms with Crippen LogP contribution in [-0.2, 0) is 17.6 Å². The molecule has 0 unspecified atom stereocenters. The highest BCUT2D eigenvalue weighted by Gasteiger charge is 2.23. The Morgan fingerprint density at radius 2 is 1.90 bits per heavy atom. The third-order valence-corrected chi connectivity index (χ3v) is 8.34. The number of imidazole rings is 1. The van der Waals surface area contributed by atoms with Gasteiger partial charge in [-0.15, -0.1) is 0 Å². The van der Waals surface area contributed by atoms with Crippen molar-refractivity contribution in [2.45, 2.75) is 33.1 Å². The molecule has 1 aliphatic heterocycles. The summed E-state index contributed by atoms with van der Waals surface area (Å²) in [6, 6.07) is 3.90. The molecule has 0 spiro atoms. The van der Waals surface area contributed by atoms with E-state index in [-0.39, 0.29) is 5.91 Å². The largest absolute Gasteiger partial charge is 0.495 e. The molecule has 1 aliphatic rings. The lowest BCUT2D eigenvalue weighted by atomic mass is 10.0. The van der Waals surface area contributed by atoms with Gasteiger partial charge in [0.1, 0.15) is 11.4 Å². The first-order valence-corrected chi connectivity index (χ1v) is 14.7. The highest BCUT2D eigenvalue weighted by atomic mass is 35.5. The Bertz CT molecular complexity index is 1570. The number of halogens is 2. The van der Waals surface area contributed by atoms with Crippen LogP contribution in [0.2, 0.25) is 10.0 Å². The van der Waals surface area contributed by atoms with Crippen molar-refractivity contribution >= 4 is 51.7 Å². The number of rotatable bonds is 10. The second-order valence-electron chi connectivity index (χ2n) is 10.1. The minimum atomic E-state index is 0.000727. The van der Waals surface area contributed by atoms with Gasteiger partial charge in [0, 0.05) is 61.6 Å². The number of pyridine rings is 1. The number of methoxy groups -OCH3 is 1. The lowest BCUT2D eigenvalue weighted by molar-refractivity contribution is -0.127. The maximum absolute atomic E-state index is 11.9. The molecule has 1 aromatic carbocycles. The van der Waals surface area contributed by atoms with E-state index in [0.29, 0.717) is 33.9 Å². The smallest absolute Gasteiger partial charge is 0.246 e. The summed E-state index contributed by atoms with van der Waals surface area (Å²) in [6.07, 6.45) is 7.70. The Kier molecular flexibility index (Phi) is 8.97. The molecule has 0 radical (unpaired) electrons. The Morgan fingerprint density at radius 3 is 2.59 bits per heavy atom. The molecule has 1 N–H and O–H groups in total. The number of nitrogens with one attached hydrogen (secondary N) is 1. The molecule has 41 heavy (non-hydrogen) atoms. The second-order valence-corrected chi connectivity index (χ2v) is 10.8. The lowest BCUT2D eigenvalue weighted by Crippen LogP contribution is -2.48. The molecule has 5 rings (SSSR count). The standard InChI is InChI=1S/C30H35Cl2N7O2/c1-5-19-16-23(41-4)27(32)25(26(19)31)22-15-20-17-34-30(33-7-3)36-28(20)39-18-21(35-29(22)39)9-8-10-37-11-13-38(14-12-37)24(40)6-2/h6,15-18H,2,5,7-14H2,1,3-4H3,(H,33,34,36). The molecule has 11 heteroatoms. The van der Waals surface area contributed by atoms with Crippen molar-refractivity contribution in [1.29, 1.82) is 0 Å². The average molecular weight is 597 g/mol. The maximum Gasteiger partial charge on any atom is 0.246 e. The summed E-state index contributed by atoms with van der Waals surface area (Å²) in [6.45, 7) is 12.5. The van der Waals surface area contributed by atoms with Crippen LogP contribution in [0.5, 0.6) is 5.75 Å². The predicted octanol–water partition coefficient (Wildman–Crippen LogP) is 5.52. The van der Waals surface area contributed by atoms with Gasteiger partial charge in [0.25, 0.3) is 0 Å². The Labute approximate surface area is 250 Å². The van der Waals surface area contributed by atoms with Crippen LogP contribution in [0.3, 0.4) is 0 Å². The van der Waals surface area contributed by atoms with Gasteiger partial charge in [0.15, 0.2) is 5.65 Å². The number of piperazine rings is 1. The number of anilines is 1. The van der Waals surface area contributed by atoms with Crippen molar-refractivity contribution in [2.24, 2.45) is 0 Å². The fraction of sp³-hybridized carbons (Fsp3) is 0.400. The number of nitrogens with zero attached hydrogens (tertiary/aromatic N) is 6. The number of aromatic nitrogens is 4. The van der Waals surface area contributed by atoms with Crippen molar-refractivity contribution in [1.82, 2.24) is 29.2 Å². The fourth-order valence-electron chi connectivity index (χ4n) is 5.34. The SMILES string of the molecule is C=CC(=O)N1CCN(CCCc2cn3c(n2)c(-c2c(Cl)c(CC)cc(OC)c2Cl)cc2cnc(NCC)nc23)CC1. The van der Waals surface area contributed by atoms with Crippen LogP contribution in [0.4, 0.5) is 5.95 Å². The Hall–Kier alpha value is -3.40. The van der Waals surface area contributed by atoms with Gasteiger partial charge in [-0.05, 0) is 56.5 Å². The van der Waals surface area contributed by atoms with Crippen LogP contribution >= 0.6 is 23.2 Å². The molecule has 1 saturated heterocycles. The molecule has 3 aromatic heterocycles. The number of fused-ring (bicyclic) bond motifs is 3. The minimum Gasteiger partial charge on any atom is -0.495 e. The zero-order valence-corrected chi connectivity index (χ0v) is 25.2. The topological polar surface area (TPSA) is 87.9 Å². The lowest BCUT2D eigenvalue weighted by Gasteiger charge is -2.34. The molecular formula is C30H35Cl2N7O2. The van der Waals surface area contributed by atoms with Crippen LogP contribution in [-0.4, -0.2) is 81.4 Å². The normalized spacial score (nSPS) is 14.1. The van der Waals surface area contributed by atoms with Gasteiger partial charge in [-0.3, -0.25) is 14.1 Å². The summed E-state index contributed by atoms with van der Waals surface area (Å²) in [5.74, 6) is 1.13. The van der Waals surface area contributed by atoms with E-state index in [4.69, 9.17) is 37.9 Å². The van der Waals surface area contributed by atoms with Gasteiger partial charge in [0.2, 0.25) is 11.9 Å². The maximum atomic E-state index is 11.9. The van der Waals surface area contributed by atoms with Crippen molar-refractivity contribution in [3.63, 3.8) is 0 Å². The summed E-state index contributed by atoms with van der Waals surface area (Å²) >= 11 is 13.8. The molecule has 216 valence electrons. The molecule has 4 aromatic rings. The summed E-state index contributed by atoms with van der Waals surface area (Å²) in [7, 11) is 1.61. The van der Waals surface area contributed by atoms with E-state index in [2.05, 4.69) is 28.7 Å². The number of benzene rings is 1. The van der Waals surface area contributed by atoms with Crippen molar-refractivity contribution < 1.29 is 9.53 Å². The van der Waals surface area contributed by atoms with E-state index in [1.165, 1.54) is 6.08 Å². The van der Waals surface area contributed by atoms with E-state index in [9.17, 15) is 4.79 Å². The molecular weight excluding hydrogens is 561 g/mol. The summed E-state index contributed by atoms with van der Waals surface area (Å²) in [4.78, 5) is 30.5. The molecule has 4 heterocycles. The molecule has 0 saturated carbocycles. The monoisotopic (exact) mass is 595 g/mol. The van der Waals surface area contributed by atoms with Gasteiger partial charge >= 0.3 is 0 Å². The number of ether oxygens (including phenoxy) is 1. The van der Waals surface area contributed by atoms with Crippen LogP contribution in [0.25, 0.3) is 27.8 Å². The van der Waals surface area contributed by atoms with Crippen LogP contribution in [0, 0.1) is 0 Å². The molecule has 1 amide bonds. The van der Waals surface area contributed by atoms with Gasteiger partial charge in [-0.25, -0.2) is 9.97 Å². The number of hydrogen-bond donors (Lipinski definition) is 1. The van der Waals surface area contributed by atoms with E-state index >= 15 is 0 Å². The van der Waals surface area contributed by atoms with Crippen molar-refractivity contribution in [3.8, 4) is 16.9 Å². The molecule has 0 aliphatic carbocycles. The van der Waals surface area contributed by atoms with Gasteiger partial charge in [-0.2, -0.15) is 4.98 Å². The van der Waals surface area contributed by atoms with Crippen LogP contribution < -0.4 is 10.1 Å². The average Bonchev–Trinajstić information content (AvgIpc) is 3.42. The highest BCUT2D eigenvalue weighted by Crippen LogP contribution is 2.45. The fourth-order valence-corrected chi connectivity index (χ4v) is 6.10. The summed E-state index contributed by atoms with van der Waals surface area (Å²) in [5, 5.41) is 5.08. The predicted molar refractivity (Wildman–Crippen MR) is 165 cm³/mol. The van der Waals surface area contributed by atoms with Gasteiger partial charge in [-0.1, -0.05) is 36.7 Å². The zero-order chi connectivity index (χ0) is 29.1. The first kappa shape index (κ1) is 29.1. The van der Waals surface area contributed by atoms with Crippen LogP contribution in [0.15, 0.2) is 37.2 Å². The first-order valence-electron chi connectivity index (χ1n) is 14.0. The third kappa shape index (κ3) is 5.84. The van der Waals surface area contributed by atoms with E-state index in [1.807, 2.05) is 40.8 Å². The Balaban J connectivity index is 1.51. The summed E-state index contributed by atoms with van der Waals surface area (Å²) in [5.41, 5.74) is 4.87. The van der Waals surface area contributed by atoms with E-state index < -0.39 is 0 Å². The third-order valence-electron chi connectivity index (χ3n) is 7.53. The molecule has 0 bridgehead atoms. The quantitative estimate of drug-likeness (QED) is 0.242. The zero-order valence-electron chi connectivity index (χ0n) is 23.7. The first-order chi connectivity index (χ1) is 19.9. The minimum absolute atomic E-state index is 0.000727. The molecule has 0 atom stereocenters. The number of hydrogen-bond acceptors (Lipinski definition) is 7.